The summed E-state index contributed by atoms with van der Waals surface area (Å²) in [6.07, 6.45) is 2.18. The fourth-order valence-corrected chi connectivity index (χ4v) is 6.56. The van der Waals surface area contributed by atoms with E-state index in [0.29, 0.717) is 24.5 Å². The van der Waals surface area contributed by atoms with E-state index in [1.807, 2.05) is 12.1 Å². The normalized spacial score (nSPS) is 14.7. The highest BCUT2D eigenvalue weighted by Gasteiger charge is 2.39. The van der Waals surface area contributed by atoms with Gasteiger partial charge in [-0.2, -0.15) is 0 Å². The molecule has 0 saturated heterocycles. The third-order valence-corrected chi connectivity index (χ3v) is 9.10. The lowest BCUT2D eigenvalue weighted by atomic mass is 10.1. The molecule has 3 aromatic rings. The summed E-state index contributed by atoms with van der Waals surface area (Å²) >= 11 is 3.41. The van der Waals surface area contributed by atoms with E-state index in [4.69, 9.17) is 9.47 Å². The summed E-state index contributed by atoms with van der Waals surface area (Å²) in [7, 11) is -2.44. The molecule has 0 bridgehead atoms. The Morgan fingerprint density at radius 1 is 1.03 bits per heavy atom. The number of hydrogen-bond acceptors (Lipinski definition) is 6. The van der Waals surface area contributed by atoms with Gasteiger partial charge in [0.05, 0.1) is 25.1 Å². The number of fused-ring (bicyclic) bond motifs is 1. The van der Waals surface area contributed by atoms with E-state index in [0.717, 1.165) is 24.2 Å². The Kier molecular flexibility index (Phi) is 9.29. The number of sulfonamides is 1. The number of aryl methyl sites for hydroxylation is 2. The molecule has 3 aromatic carbocycles. The molecule has 0 aromatic heterocycles. The number of carbonyl (C=O) groups is 1. The lowest BCUT2D eigenvalue weighted by Crippen LogP contribution is -2.47. The number of methoxy groups -OCH3 is 1. The van der Waals surface area contributed by atoms with Gasteiger partial charge in [0.25, 0.3) is 10.0 Å². The quantitative estimate of drug-likeness (QED) is 0.220. The Balaban J connectivity index is 1.55. The zero-order valence-corrected chi connectivity index (χ0v) is 24.6. The topological polar surface area (TPSA) is 97.3 Å². The highest BCUT2D eigenvalue weighted by atomic mass is 79.9. The lowest BCUT2D eigenvalue weighted by molar-refractivity contribution is -0.114. The van der Waals surface area contributed by atoms with E-state index in [1.165, 1.54) is 23.0 Å². The number of rotatable bonds is 11. The van der Waals surface area contributed by atoms with Crippen molar-refractivity contribution < 1.29 is 22.7 Å². The summed E-state index contributed by atoms with van der Waals surface area (Å²) in [4.78, 5) is 16.9. The summed E-state index contributed by atoms with van der Waals surface area (Å²) in [6, 6.07) is 19.7. The molecule has 1 aliphatic heterocycles. The number of ether oxygens (including phenoxy) is 2. The summed E-state index contributed by atoms with van der Waals surface area (Å²) in [5.74, 6) is 0.895. The summed E-state index contributed by atoms with van der Waals surface area (Å²) < 4.78 is 39.9. The van der Waals surface area contributed by atoms with Crippen LogP contribution in [0, 0.1) is 0 Å². The van der Waals surface area contributed by atoms with Gasteiger partial charge in [-0.25, -0.2) is 13.4 Å². The van der Waals surface area contributed by atoms with Crippen molar-refractivity contribution in [1.82, 2.24) is 4.31 Å². The molecule has 1 aliphatic rings. The average Bonchev–Trinajstić information content (AvgIpc) is 2.95. The van der Waals surface area contributed by atoms with Crippen LogP contribution in [0.5, 0.6) is 11.5 Å². The van der Waals surface area contributed by atoms with Crippen molar-refractivity contribution in [3.05, 3.63) is 77.9 Å². The Hall–Kier alpha value is -3.37. The predicted molar refractivity (Wildman–Crippen MR) is 157 cm³/mol. The van der Waals surface area contributed by atoms with Crippen LogP contribution in [0.4, 0.5) is 11.4 Å². The lowest BCUT2D eigenvalue weighted by Gasteiger charge is -2.31. The smallest absolute Gasteiger partial charge is 0.267 e. The molecule has 1 N–H and O–H groups in total. The van der Waals surface area contributed by atoms with E-state index in [-0.39, 0.29) is 23.0 Å². The Labute approximate surface area is 238 Å². The molecular weight excluding hydrogens is 582 g/mol. The molecular formula is C29H32BrN3O5S. The van der Waals surface area contributed by atoms with Crippen LogP contribution >= 0.6 is 15.9 Å². The van der Waals surface area contributed by atoms with Gasteiger partial charge < -0.3 is 14.8 Å². The SMILES string of the molecule is CCc1ccc(OCCCN2C(C(Br)C(=O)Nc3ccccc3OC)=Nc3ccccc3S2(=O)=O)c(CC)c1. The number of amidine groups is 1. The zero-order chi connectivity index (χ0) is 28.0. The van der Waals surface area contributed by atoms with Crippen LogP contribution in [0.1, 0.15) is 31.4 Å². The number of amides is 1. The monoisotopic (exact) mass is 613 g/mol. The van der Waals surface area contributed by atoms with Crippen LogP contribution in [0.2, 0.25) is 0 Å². The molecule has 206 valence electrons. The third kappa shape index (κ3) is 6.28. The largest absolute Gasteiger partial charge is 0.495 e. The van der Waals surface area contributed by atoms with Crippen molar-refractivity contribution in [3.63, 3.8) is 0 Å². The molecule has 8 nitrogen and oxygen atoms in total. The number of hydrogen-bond donors (Lipinski definition) is 1. The summed E-state index contributed by atoms with van der Waals surface area (Å²) in [5.41, 5.74) is 3.12. The van der Waals surface area contributed by atoms with Crippen LogP contribution in [0.3, 0.4) is 0 Å². The minimum atomic E-state index is -3.95. The van der Waals surface area contributed by atoms with Gasteiger partial charge in [0.15, 0.2) is 4.83 Å². The Morgan fingerprint density at radius 3 is 2.51 bits per heavy atom. The number of nitrogens with zero attached hydrogens (tertiary/aromatic N) is 2. The number of aliphatic imine (C=N–C) groups is 1. The molecule has 0 saturated carbocycles. The van der Waals surface area contributed by atoms with Crippen molar-refractivity contribution in [1.29, 1.82) is 0 Å². The fraction of sp³-hybridized carbons (Fsp3) is 0.310. The molecule has 1 unspecified atom stereocenters. The number of halogens is 1. The van der Waals surface area contributed by atoms with Crippen LogP contribution in [-0.4, -0.2) is 49.6 Å². The molecule has 1 atom stereocenters. The standard InChI is InChI=1S/C29H32BrN3O5S/c1-4-20-15-16-24(21(5-2)19-20)38-18-10-17-33-28(31-23-12-7-9-14-26(23)39(33,35)36)27(30)29(34)32-22-11-6-8-13-25(22)37-3/h6-9,11-16,19,27H,4-5,10,17-18H2,1-3H3,(H,32,34). The van der Waals surface area contributed by atoms with Crippen LogP contribution in [-0.2, 0) is 27.7 Å². The van der Waals surface area contributed by atoms with E-state index in [2.05, 4.69) is 46.2 Å². The molecule has 39 heavy (non-hydrogen) atoms. The number of para-hydroxylation sites is 3. The molecule has 0 radical (unpaired) electrons. The van der Waals surface area contributed by atoms with E-state index < -0.39 is 20.8 Å². The van der Waals surface area contributed by atoms with Gasteiger partial charge in [-0.05, 0) is 54.3 Å². The van der Waals surface area contributed by atoms with Gasteiger partial charge in [-0.3, -0.25) is 9.10 Å². The van der Waals surface area contributed by atoms with Crippen LogP contribution in [0.15, 0.2) is 76.6 Å². The van der Waals surface area contributed by atoms with Gasteiger partial charge in [0.1, 0.15) is 22.2 Å². The Bertz CT molecular complexity index is 1480. The van der Waals surface area contributed by atoms with E-state index in [9.17, 15) is 13.2 Å². The highest BCUT2D eigenvalue weighted by Crippen LogP contribution is 2.34. The van der Waals surface area contributed by atoms with E-state index >= 15 is 0 Å². The molecule has 10 heteroatoms. The van der Waals surface area contributed by atoms with Gasteiger partial charge in [0.2, 0.25) is 5.91 Å². The fourth-order valence-electron chi connectivity index (χ4n) is 4.33. The van der Waals surface area contributed by atoms with Crippen molar-refractivity contribution in [2.24, 2.45) is 4.99 Å². The maximum Gasteiger partial charge on any atom is 0.267 e. The van der Waals surface area contributed by atoms with Crippen LogP contribution in [0.25, 0.3) is 0 Å². The summed E-state index contributed by atoms with van der Waals surface area (Å²) in [5, 5.41) is 2.80. The third-order valence-electron chi connectivity index (χ3n) is 6.42. The number of anilines is 1. The van der Waals surface area contributed by atoms with Crippen molar-refractivity contribution >= 4 is 49.1 Å². The number of benzene rings is 3. The van der Waals surface area contributed by atoms with E-state index in [1.54, 1.807) is 42.5 Å². The molecule has 1 heterocycles. The first-order valence-electron chi connectivity index (χ1n) is 12.8. The van der Waals surface area contributed by atoms with Gasteiger partial charge in [-0.15, -0.1) is 0 Å². The first kappa shape index (κ1) is 28.6. The second-order valence-electron chi connectivity index (χ2n) is 8.92. The number of nitrogens with one attached hydrogen (secondary N) is 1. The van der Waals surface area contributed by atoms with Gasteiger partial charge >= 0.3 is 0 Å². The Morgan fingerprint density at radius 2 is 1.77 bits per heavy atom. The van der Waals surface area contributed by atoms with Crippen molar-refractivity contribution in [2.45, 2.75) is 42.8 Å². The average molecular weight is 615 g/mol. The molecule has 0 aliphatic carbocycles. The van der Waals surface area contributed by atoms with Crippen molar-refractivity contribution in [3.8, 4) is 11.5 Å². The molecule has 0 spiro atoms. The van der Waals surface area contributed by atoms with Gasteiger partial charge in [0, 0.05) is 13.0 Å². The van der Waals surface area contributed by atoms with Crippen LogP contribution < -0.4 is 14.8 Å². The second-order valence-corrected chi connectivity index (χ2v) is 11.7. The molecule has 4 rings (SSSR count). The first-order chi connectivity index (χ1) is 18.8. The minimum absolute atomic E-state index is 0.0858. The predicted octanol–water partition coefficient (Wildman–Crippen LogP) is 5.73. The zero-order valence-electron chi connectivity index (χ0n) is 22.2. The maximum atomic E-state index is 13.7. The molecule has 1 amide bonds. The van der Waals surface area contributed by atoms with Gasteiger partial charge in [-0.1, -0.05) is 66.2 Å². The second kappa shape index (κ2) is 12.7. The summed E-state index contributed by atoms with van der Waals surface area (Å²) in [6.45, 7) is 4.58. The number of carbonyl (C=O) groups excluding carboxylic acids is 1. The first-order valence-corrected chi connectivity index (χ1v) is 15.2. The maximum absolute atomic E-state index is 13.7. The minimum Gasteiger partial charge on any atom is -0.495 e. The van der Waals surface area contributed by atoms with Crippen molar-refractivity contribution in [2.75, 3.05) is 25.6 Å². The molecule has 0 fully saturated rings. The highest BCUT2D eigenvalue weighted by molar-refractivity contribution is 9.10. The number of alkyl halides is 1.